The van der Waals surface area contributed by atoms with Crippen molar-refractivity contribution < 1.29 is 9.53 Å². The number of morpholine rings is 1. The van der Waals surface area contributed by atoms with Crippen LogP contribution in [0.1, 0.15) is 11.4 Å². The zero-order valence-electron chi connectivity index (χ0n) is 16.4. The van der Waals surface area contributed by atoms with Gasteiger partial charge in [0.15, 0.2) is 0 Å². The van der Waals surface area contributed by atoms with Crippen LogP contribution in [0.15, 0.2) is 67.3 Å². The van der Waals surface area contributed by atoms with E-state index in [1.807, 2.05) is 70.3 Å². The first-order chi connectivity index (χ1) is 14.8. The highest BCUT2D eigenvalue weighted by molar-refractivity contribution is 6.23. The maximum atomic E-state index is 13.4. The highest BCUT2D eigenvalue weighted by Crippen LogP contribution is 2.23. The first-order valence-electron chi connectivity index (χ1n) is 9.90. The minimum absolute atomic E-state index is 0.0453. The Bertz CT molecular complexity index is 1150. The number of carbonyl (C=O) groups excluding carboxylic acids is 1. The topological polar surface area (TPSA) is 76.0 Å². The Kier molecular flexibility index (Phi) is 4.86. The van der Waals surface area contributed by atoms with Gasteiger partial charge in [-0.1, -0.05) is 24.3 Å². The summed E-state index contributed by atoms with van der Waals surface area (Å²) >= 11 is 0. The van der Waals surface area contributed by atoms with Crippen LogP contribution in [0.25, 0.3) is 28.4 Å². The molecule has 0 radical (unpaired) electrons. The molecule has 1 fully saturated rings. The second-order valence-electron chi connectivity index (χ2n) is 7.13. The molecule has 4 aromatic rings. The van der Waals surface area contributed by atoms with Gasteiger partial charge in [-0.2, -0.15) is 0 Å². The van der Waals surface area contributed by atoms with Gasteiger partial charge in [0.2, 0.25) is 0 Å². The van der Waals surface area contributed by atoms with Gasteiger partial charge in [0.05, 0.1) is 36.1 Å². The van der Waals surface area contributed by atoms with Crippen LogP contribution in [-0.4, -0.2) is 56.6 Å². The normalized spacial score (nSPS) is 14.9. The Morgan fingerprint density at radius 2 is 1.87 bits per heavy atom. The standard InChI is InChI=1S/C23H21N5O2/c29-23(27-11-13-30-14-12-27)19(22-25-20-3-1-2-4-21(20)26-22)15-17-5-7-18(8-6-17)28-10-9-24-16-28/h1-10,15-16H,11-14H2,(H,25,26)/b19-15+. The Balaban J connectivity index is 1.53. The highest BCUT2D eigenvalue weighted by atomic mass is 16.5. The fraction of sp³-hybridized carbons (Fsp3) is 0.174. The van der Waals surface area contributed by atoms with Crippen molar-refractivity contribution in [2.24, 2.45) is 0 Å². The lowest BCUT2D eigenvalue weighted by molar-refractivity contribution is -0.128. The van der Waals surface area contributed by atoms with Crippen LogP contribution in [0.4, 0.5) is 0 Å². The molecule has 1 saturated heterocycles. The van der Waals surface area contributed by atoms with E-state index in [1.165, 1.54) is 0 Å². The summed E-state index contributed by atoms with van der Waals surface area (Å²) in [4.78, 5) is 27.2. The van der Waals surface area contributed by atoms with E-state index in [0.29, 0.717) is 37.7 Å². The van der Waals surface area contributed by atoms with Gasteiger partial charge in [0.25, 0.3) is 5.91 Å². The molecule has 1 N–H and O–H groups in total. The fourth-order valence-corrected chi connectivity index (χ4v) is 3.57. The molecule has 0 bridgehead atoms. The van der Waals surface area contributed by atoms with Gasteiger partial charge in [-0.15, -0.1) is 0 Å². The molecular formula is C23H21N5O2. The Labute approximate surface area is 173 Å². The van der Waals surface area contributed by atoms with E-state index in [4.69, 9.17) is 4.74 Å². The summed E-state index contributed by atoms with van der Waals surface area (Å²) in [5.74, 6) is 0.530. The average molecular weight is 399 g/mol. The van der Waals surface area contributed by atoms with Crippen LogP contribution < -0.4 is 0 Å². The van der Waals surface area contributed by atoms with E-state index >= 15 is 0 Å². The van der Waals surface area contributed by atoms with Crippen LogP contribution in [0.2, 0.25) is 0 Å². The van der Waals surface area contributed by atoms with Gasteiger partial charge in [0, 0.05) is 31.2 Å². The van der Waals surface area contributed by atoms with Gasteiger partial charge in [0.1, 0.15) is 5.82 Å². The van der Waals surface area contributed by atoms with Crippen molar-refractivity contribution in [1.29, 1.82) is 0 Å². The zero-order chi connectivity index (χ0) is 20.3. The minimum atomic E-state index is -0.0453. The minimum Gasteiger partial charge on any atom is -0.378 e. The predicted molar refractivity (Wildman–Crippen MR) is 115 cm³/mol. The maximum absolute atomic E-state index is 13.4. The van der Waals surface area contributed by atoms with Gasteiger partial charge in [-0.25, -0.2) is 9.97 Å². The fourth-order valence-electron chi connectivity index (χ4n) is 3.57. The molecule has 2 aromatic heterocycles. The number of H-pyrrole nitrogens is 1. The van der Waals surface area contributed by atoms with Crippen LogP contribution in [0.5, 0.6) is 0 Å². The largest absolute Gasteiger partial charge is 0.378 e. The van der Waals surface area contributed by atoms with Crippen molar-refractivity contribution in [2.45, 2.75) is 0 Å². The van der Waals surface area contributed by atoms with Crippen molar-refractivity contribution in [3.05, 3.63) is 78.6 Å². The predicted octanol–water partition coefficient (Wildman–Crippen LogP) is 3.15. The molecule has 1 amide bonds. The van der Waals surface area contributed by atoms with Crippen LogP contribution in [0, 0.1) is 0 Å². The van der Waals surface area contributed by atoms with E-state index in [9.17, 15) is 4.79 Å². The maximum Gasteiger partial charge on any atom is 0.257 e. The number of benzene rings is 2. The van der Waals surface area contributed by atoms with E-state index in [0.717, 1.165) is 22.3 Å². The van der Waals surface area contributed by atoms with Crippen LogP contribution in [-0.2, 0) is 9.53 Å². The molecule has 1 aliphatic rings. The molecule has 1 aliphatic heterocycles. The van der Waals surface area contributed by atoms with Crippen molar-refractivity contribution in [3.63, 3.8) is 0 Å². The number of imidazole rings is 2. The van der Waals surface area contributed by atoms with Crippen LogP contribution >= 0.6 is 0 Å². The first-order valence-corrected chi connectivity index (χ1v) is 9.90. The number of hydrogen-bond donors (Lipinski definition) is 1. The van der Waals surface area contributed by atoms with Gasteiger partial charge in [-0.05, 0) is 35.9 Å². The van der Waals surface area contributed by atoms with Crippen molar-refractivity contribution >= 4 is 28.6 Å². The van der Waals surface area contributed by atoms with Crippen molar-refractivity contribution in [3.8, 4) is 5.69 Å². The number of carbonyl (C=O) groups is 1. The van der Waals surface area contributed by atoms with E-state index in [1.54, 1.807) is 12.5 Å². The average Bonchev–Trinajstić information content (AvgIpc) is 3.48. The number of nitrogens with one attached hydrogen (secondary N) is 1. The summed E-state index contributed by atoms with van der Waals surface area (Å²) in [7, 11) is 0. The molecule has 150 valence electrons. The van der Waals surface area contributed by atoms with Crippen LogP contribution in [0.3, 0.4) is 0 Å². The number of nitrogens with zero attached hydrogens (tertiary/aromatic N) is 4. The quantitative estimate of drug-likeness (QED) is 0.535. The molecule has 0 spiro atoms. The number of amides is 1. The molecule has 30 heavy (non-hydrogen) atoms. The summed E-state index contributed by atoms with van der Waals surface area (Å²) < 4.78 is 7.34. The molecule has 0 saturated carbocycles. The molecule has 7 heteroatoms. The molecule has 3 heterocycles. The molecule has 7 nitrogen and oxygen atoms in total. The van der Waals surface area contributed by atoms with E-state index in [-0.39, 0.29) is 5.91 Å². The first kappa shape index (κ1) is 18.3. The van der Waals surface area contributed by atoms with Crippen molar-refractivity contribution in [1.82, 2.24) is 24.4 Å². The lowest BCUT2D eigenvalue weighted by Crippen LogP contribution is -2.41. The Hall–Kier alpha value is -3.71. The summed E-state index contributed by atoms with van der Waals surface area (Å²) in [5, 5.41) is 0. The summed E-state index contributed by atoms with van der Waals surface area (Å²) in [6, 6.07) is 15.8. The zero-order valence-corrected chi connectivity index (χ0v) is 16.4. The number of ether oxygens (including phenoxy) is 1. The Morgan fingerprint density at radius 1 is 1.07 bits per heavy atom. The molecule has 2 aromatic carbocycles. The number of aromatic nitrogens is 4. The van der Waals surface area contributed by atoms with Gasteiger partial charge >= 0.3 is 0 Å². The number of hydrogen-bond acceptors (Lipinski definition) is 4. The molecular weight excluding hydrogens is 378 g/mol. The number of fused-ring (bicyclic) bond motifs is 1. The SMILES string of the molecule is O=C(/C(=C/c1ccc(-n2ccnc2)cc1)c1nc2ccccc2[nH]1)N1CCOCC1. The highest BCUT2D eigenvalue weighted by Gasteiger charge is 2.24. The van der Waals surface area contributed by atoms with Crippen molar-refractivity contribution in [2.75, 3.05) is 26.3 Å². The van der Waals surface area contributed by atoms with Gasteiger partial charge < -0.3 is 19.2 Å². The summed E-state index contributed by atoms with van der Waals surface area (Å²) in [5.41, 5.74) is 4.22. The smallest absolute Gasteiger partial charge is 0.257 e. The third-order valence-corrected chi connectivity index (χ3v) is 5.18. The molecule has 0 unspecified atom stereocenters. The molecule has 5 rings (SSSR count). The summed E-state index contributed by atoms with van der Waals surface area (Å²) in [6.45, 7) is 2.27. The number of rotatable bonds is 4. The lowest BCUT2D eigenvalue weighted by atomic mass is 10.1. The monoisotopic (exact) mass is 399 g/mol. The second-order valence-corrected chi connectivity index (χ2v) is 7.13. The molecule has 0 atom stereocenters. The van der Waals surface area contributed by atoms with E-state index < -0.39 is 0 Å². The Morgan fingerprint density at radius 3 is 2.60 bits per heavy atom. The number of aromatic amines is 1. The van der Waals surface area contributed by atoms with Gasteiger partial charge in [-0.3, -0.25) is 4.79 Å². The second kappa shape index (κ2) is 7.96. The molecule has 0 aliphatic carbocycles. The summed E-state index contributed by atoms with van der Waals surface area (Å²) in [6.07, 6.45) is 7.29. The third-order valence-electron chi connectivity index (χ3n) is 5.18. The van der Waals surface area contributed by atoms with E-state index in [2.05, 4.69) is 15.0 Å². The third kappa shape index (κ3) is 3.62. The lowest BCUT2D eigenvalue weighted by Gasteiger charge is -2.27. The number of para-hydroxylation sites is 2.